The normalized spacial score (nSPS) is 53.3. The number of hydrogen-bond acceptors (Lipinski definition) is 1. The van der Waals surface area contributed by atoms with Crippen LogP contribution in [0.4, 0.5) is 0 Å². The van der Waals surface area contributed by atoms with E-state index in [4.69, 9.17) is 12.2 Å². The molecule has 6 atom stereocenters. The summed E-state index contributed by atoms with van der Waals surface area (Å²) >= 11 is 5.43. The number of allylic oxidation sites excluding steroid dienone is 6. The lowest BCUT2D eigenvalue weighted by molar-refractivity contribution is 0.0726. The minimum atomic E-state index is 0.164. The first kappa shape index (κ1) is 14.6. The van der Waals surface area contributed by atoms with Crippen molar-refractivity contribution in [1.29, 1.82) is 0 Å². The van der Waals surface area contributed by atoms with Gasteiger partial charge in [0.2, 0.25) is 0 Å². The van der Waals surface area contributed by atoms with E-state index in [1.165, 1.54) is 38.5 Å². The van der Waals surface area contributed by atoms with Gasteiger partial charge in [0, 0.05) is 10.3 Å². The van der Waals surface area contributed by atoms with Gasteiger partial charge in [0.05, 0.1) is 0 Å². The molecule has 3 fully saturated rings. The van der Waals surface area contributed by atoms with Crippen LogP contribution >= 0.6 is 12.2 Å². The Bertz CT molecular complexity index is 695. The van der Waals surface area contributed by atoms with E-state index in [2.05, 4.69) is 45.1 Å². The van der Waals surface area contributed by atoms with Crippen molar-refractivity contribution in [2.75, 3.05) is 0 Å². The summed E-state index contributed by atoms with van der Waals surface area (Å²) in [6.07, 6.45) is 17.9. The first-order valence-corrected chi connectivity index (χ1v) is 9.96. The molecule has 0 bridgehead atoms. The molecule has 0 heterocycles. The predicted molar refractivity (Wildman–Crippen MR) is 100 cm³/mol. The van der Waals surface area contributed by atoms with E-state index in [1.807, 2.05) is 0 Å². The van der Waals surface area contributed by atoms with Gasteiger partial charge in [-0.3, -0.25) is 0 Å². The highest BCUT2D eigenvalue weighted by Crippen LogP contribution is 2.77. The maximum Gasteiger partial charge on any atom is 0.0374 e. The standard InChI is InChI=1S/C22H28S/c1-14-13-22(14)11-8-19-17-5-4-15-12-16(23)6-9-20(15,2)18(17)7-10-21(19,22)3/h6-7,9,12,14,17,19H,4-5,8,10-11,13H2,1-3H3. The maximum absolute atomic E-state index is 5.43. The van der Waals surface area contributed by atoms with Crippen molar-refractivity contribution < 1.29 is 0 Å². The average molecular weight is 325 g/mol. The molecular formula is C22H28S. The predicted octanol–water partition coefficient (Wildman–Crippen LogP) is 6.04. The Kier molecular flexibility index (Phi) is 2.72. The van der Waals surface area contributed by atoms with Crippen LogP contribution in [0.15, 0.2) is 35.5 Å². The van der Waals surface area contributed by atoms with E-state index in [0.29, 0.717) is 10.8 Å². The third-order valence-electron chi connectivity index (χ3n) is 8.83. The molecule has 1 heteroatoms. The molecule has 0 N–H and O–H groups in total. The summed E-state index contributed by atoms with van der Waals surface area (Å²) in [6, 6.07) is 0. The van der Waals surface area contributed by atoms with Crippen molar-refractivity contribution in [3.63, 3.8) is 0 Å². The topological polar surface area (TPSA) is 0 Å². The van der Waals surface area contributed by atoms with Crippen LogP contribution in [0.2, 0.25) is 0 Å². The van der Waals surface area contributed by atoms with Crippen LogP contribution in [-0.4, -0.2) is 4.86 Å². The molecule has 3 saturated carbocycles. The van der Waals surface area contributed by atoms with Gasteiger partial charge in [-0.05, 0) is 86.2 Å². The largest absolute Gasteiger partial charge is 0.0833 e. The maximum atomic E-state index is 5.43. The molecule has 0 amide bonds. The van der Waals surface area contributed by atoms with Crippen molar-refractivity contribution in [2.24, 2.45) is 34.0 Å². The second-order valence-electron chi connectivity index (χ2n) is 9.44. The average Bonchev–Trinajstić information content (AvgIpc) is 3.08. The molecule has 6 unspecified atom stereocenters. The number of hydrogen-bond donors (Lipinski definition) is 0. The molecule has 0 aromatic rings. The molecular weight excluding hydrogens is 296 g/mol. The molecule has 0 aromatic heterocycles. The minimum absolute atomic E-state index is 0.164. The molecule has 5 rings (SSSR count). The van der Waals surface area contributed by atoms with Crippen LogP contribution in [0.5, 0.6) is 0 Å². The van der Waals surface area contributed by atoms with Gasteiger partial charge in [-0.15, -0.1) is 0 Å². The van der Waals surface area contributed by atoms with Gasteiger partial charge >= 0.3 is 0 Å². The summed E-state index contributed by atoms with van der Waals surface area (Å²) < 4.78 is 0. The van der Waals surface area contributed by atoms with Crippen LogP contribution in [-0.2, 0) is 0 Å². The Morgan fingerprint density at radius 3 is 2.74 bits per heavy atom. The third-order valence-corrected chi connectivity index (χ3v) is 9.08. The zero-order valence-electron chi connectivity index (χ0n) is 14.7. The Morgan fingerprint density at radius 2 is 2.00 bits per heavy atom. The van der Waals surface area contributed by atoms with E-state index >= 15 is 0 Å². The molecule has 0 saturated heterocycles. The number of thiocarbonyl (C=S) groups is 1. The quantitative estimate of drug-likeness (QED) is 0.386. The smallest absolute Gasteiger partial charge is 0.0374 e. The van der Waals surface area contributed by atoms with Gasteiger partial charge in [-0.25, -0.2) is 0 Å². The Morgan fingerprint density at radius 1 is 1.22 bits per heavy atom. The lowest BCUT2D eigenvalue weighted by Gasteiger charge is -2.53. The van der Waals surface area contributed by atoms with Gasteiger partial charge in [-0.2, -0.15) is 0 Å². The molecule has 5 aliphatic carbocycles. The third kappa shape index (κ3) is 1.61. The Labute approximate surface area is 146 Å². The number of fused-ring (bicyclic) bond motifs is 6. The monoisotopic (exact) mass is 324 g/mol. The second-order valence-corrected chi connectivity index (χ2v) is 9.91. The molecule has 23 heavy (non-hydrogen) atoms. The first-order valence-electron chi connectivity index (χ1n) is 9.55. The Hall–Kier alpha value is -0.690. The lowest BCUT2D eigenvalue weighted by atomic mass is 9.51. The summed E-state index contributed by atoms with van der Waals surface area (Å²) in [4.78, 5) is 1.02. The zero-order chi connectivity index (χ0) is 16.0. The van der Waals surface area contributed by atoms with Crippen LogP contribution in [0, 0.1) is 34.0 Å². The highest BCUT2D eigenvalue weighted by atomic mass is 32.1. The summed E-state index contributed by atoms with van der Waals surface area (Å²) in [5.41, 5.74) is 4.74. The van der Waals surface area contributed by atoms with Gasteiger partial charge in [0.25, 0.3) is 0 Å². The fourth-order valence-electron chi connectivity index (χ4n) is 7.31. The zero-order valence-corrected chi connectivity index (χ0v) is 15.5. The van der Waals surface area contributed by atoms with Gasteiger partial charge in [-0.1, -0.05) is 49.4 Å². The molecule has 5 aliphatic rings. The summed E-state index contributed by atoms with van der Waals surface area (Å²) in [7, 11) is 0. The second kappa shape index (κ2) is 4.28. The Balaban J connectivity index is 1.58. The van der Waals surface area contributed by atoms with E-state index in [0.717, 1.165) is 22.6 Å². The first-order chi connectivity index (χ1) is 10.9. The van der Waals surface area contributed by atoms with Crippen LogP contribution in [0.1, 0.15) is 59.3 Å². The van der Waals surface area contributed by atoms with Crippen molar-refractivity contribution in [3.8, 4) is 0 Å². The van der Waals surface area contributed by atoms with Crippen molar-refractivity contribution in [1.82, 2.24) is 0 Å². The molecule has 0 radical (unpaired) electrons. The molecule has 122 valence electrons. The highest BCUT2D eigenvalue weighted by molar-refractivity contribution is 7.81. The van der Waals surface area contributed by atoms with E-state index < -0.39 is 0 Å². The SMILES string of the molecule is CC1CC12CCC1C3CCC4=CC(=S)C=CC4(C)C3=CCC12C. The van der Waals surface area contributed by atoms with E-state index in [-0.39, 0.29) is 5.41 Å². The van der Waals surface area contributed by atoms with Crippen molar-refractivity contribution in [2.45, 2.75) is 59.3 Å². The number of rotatable bonds is 0. The summed E-state index contributed by atoms with van der Waals surface area (Å²) in [5.74, 6) is 2.71. The summed E-state index contributed by atoms with van der Waals surface area (Å²) in [6.45, 7) is 7.59. The van der Waals surface area contributed by atoms with Crippen LogP contribution in [0.25, 0.3) is 0 Å². The van der Waals surface area contributed by atoms with E-state index in [1.54, 1.807) is 11.1 Å². The highest BCUT2D eigenvalue weighted by Gasteiger charge is 2.69. The molecule has 1 spiro atoms. The van der Waals surface area contributed by atoms with Crippen molar-refractivity contribution in [3.05, 3.63) is 35.5 Å². The fraction of sp³-hybridized carbons (Fsp3) is 0.682. The molecule has 0 aliphatic heterocycles. The summed E-state index contributed by atoms with van der Waals surface area (Å²) in [5, 5.41) is 0. The van der Waals surface area contributed by atoms with Gasteiger partial charge in [0.15, 0.2) is 0 Å². The fourth-order valence-corrected chi connectivity index (χ4v) is 7.52. The van der Waals surface area contributed by atoms with Gasteiger partial charge in [0.1, 0.15) is 0 Å². The van der Waals surface area contributed by atoms with Gasteiger partial charge < -0.3 is 0 Å². The van der Waals surface area contributed by atoms with Crippen LogP contribution in [0.3, 0.4) is 0 Å². The van der Waals surface area contributed by atoms with Crippen LogP contribution < -0.4 is 0 Å². The molecule has 0 aromatic carbocycles. The van der Waals surface area contributed by atoms with E-state index in [9.17, 15) is 0 Å². The lowest BCUT2D eigenvalue weighted by Crippen LogP contribution is -2.44. The minimum Gasteiger partial charge on any atom is -0.0833 e. The molecule has 0 nitrogen and oxygen atoms in total. The van der Waals surface area contributed by atoms with Crippen molar-refractivity contribution >= 4 is 17.1 Å².